The number of halogens is 1. The average Bonchev–Trinajstić information content (AvgIpc) is 2.63. The highest BCUT2D eigenvalue weighted by molar-refractivity contribution is 7.99. The summed E-state index contributed by atoms with van der Waals surface area (Å²) in [5.74, 6) is 0.491. The summed E-state index contributed by atoms with van der Waals surface area (Å²) in [6.07, 6.45) is 1.41. The Morgan fingerprint density at radius 2 is 2.38 bits per heavy atom. The lowest BCUT2D eigenvalue weighted by molar-refractivity contribution is -0.119. The SMILES string of the molecule is Nc1ccc(SCC2CCC(=O)N2)c(F)c1. The van der Waals surface area contributed by atoms with Crippen molar-refractivity contribution in [1.82, 2.24) is 5.32 Å². The molecule has 0 saturated carbocycles. The van der Waals surface area contributed by atoms with Crippen LogP contribution in [0, 0.1) is 5.82 Å². The van der Waals surface area contributed by atoms with E-state index in [1.165, 1.54) is 17.8 Å². The molecule has 0 bridgehead atoms. The first-order chi connectivity index (χ1) is 7.65. The molecule has 1 aromatic rings. The lowest BCUT2D eigenvalue weighted by atomic mass is 10.2. The summed E-state index contributed by atoms with van der Waals surface area (Å²) in [5.41, 5.74) is 5.88. The van der Waals surface area contributed by atoms with Crippen LogP contribution in [0.3, 0.4) is 0 Å². The van der Waals surface area contributed by atoms with Gasteiger partial charge in [0.15, 0.2) is 0 Å². The molecule has 1 atom stereocenters. The monoisotopic (exact) mass is 240 g/mol. The van der Waals surface area contributed by atoms with Gasteiger partial charge in [0.05, 0.1) is 0 Å². The van der Waals surface area contributed by atoms with Crippen molar-refractivity contribution < 1.29 is 9.18 Å². The molecule has 2 rings (SSSR count). The third kappa shape index (κ3) is 2.66. The largest absolute Gasteiger partial charge is 0.399 e. The number of nitrogens with two attached hydrogens (primary N) is 1. The molecule has 3 N–H and O–H groups in total. The van der Waals surface area contributed by atoms with Crippen LogP contribution in [0.5, 0.6) is 0 Å². The maximum Gasteiger partial charge on any atom is 0.220 e. The van der Waals surface area contributed by atoms with Crippen molar-refractivity contribution in [2.24, 2.45) is 0 Å². The highest BCUT2D eigenvalue weighted by Gasteiger charge is 2.20. The van der Waals surface area contributed by atoms with Gasteiger partial charge in [-0.25, -0.2) is 4.39 Å². The fourth-order valence-electron chi connectivity index (χ4n) is 1.63. The van der Waals surface area contributed by atoms with Gasteiger partial charge in [-0.1, -0.05) is 0 Å². The van der Waals surface area contributed by atoms with Crippen LogP contribution in [0.15, 0.2) is 23.1 Å². The molecule has 1 fully saturated rings. The minimum absolute atomic E-state index is 0.0865. The number of hydrogen-bond donors (Lipinski definition) is 2. The third-order valence-corrected chi connectivity index (χ3v) is 3.69. The van der Waals surface area contributed by atoms with Crippen molar-refractivity contribution in [1.29, 1.82) is 0 Å². The predicted octanol–water partition coefficient (Wildman–Crippen LogP) is 1.78. The lowest BCUT2D eigenvalue weighted by Crippen LogP contribution is -2.27. The van der Waals surface area contributed by atoms with Crippen molar-refractivity contribution in [2.45, 2.75) is 23.8 Å². The number of carbonyl (C=O) groups excluding carboxylic acids is 1. The third-order valence-electron chi connectivity index (χ3n) is 2.48. The summed E-state index contributed by atoms with van der Waals surface area (Å²) in [6.45, 7) is 0. The lowest BCUT2D eigenvalue weighted by Gasteiger charge is -2.09. The van der Waals surface area contributed by atoms with Crippen LogP contribution in [0.2, 0.25) is 0 Å². The molecule has 3 nitrogen and oxygen atoms in total. The summed E-state index contributed by atoms with van der Waals surface area (Å²) in [4.78, 5) is 11.5. The van der Waals surface area contributed by atoms with Gasteiger partial charge in [-0.3, -0.25) is 4.79 Å². The molecule has 1 aliphatic rings. The summed E-state index contributed by atoms with van der Waals surface area (Å²) in [7, 11) is 0. The molecule has 16 heavy (non-hydrogen) atoms. The Balaban J connectivity index is 1.92. The van der Waals surface area contributed by atoms with Gasteiger partial charge in [0.2, 0.25) is 5.91 Å². The maximum atomic E-state index is 13.4. The van der Waals surface area contributed by atoms with E-state index in [4.69, 9.17) is 5.73 Å². The van der Waals surface area contributed by atoms with E-state index in [-0.39, 0.29) is 17.8 Å². The Morgan fingerprint density at radius 1 is 1.56 bits per heavy atom. The zero-order valence-corrected chi connectivity index (χ0v) is 9.52. The van der Waals surface area contributed by atoms with Crippen molar-refractivity contribution in [2.75, 3.05) is 11.5 Å². The minimum atomic E-state index is -0.297. The number of benzene rings is 1. The minimum Gasteiger partial charge on any atom is -0.399 e. The summed E-state index contributed by atoms with van der Waals surface area (Å²) < 4.78 is 13.4. The topological polar surface area (TPSA) is 55.1 Å². The van der Waals surface area contributed by atoms with Crippen LogP contribution in [0.1, 0.15) is 12.8 Å². The number of anilines is 1. The van der Waals surface area contributed by atoms with E-state index in [1.807, 2.05) is 0 Å². The van der Waals surface area contributed by atoms with Crippen molar-refractivity contribution >= 4 is 23.4 Å². The van der Waals surface area contributed by atoms with Crippen LogP contribution < -0.4 is 11.1 Å². The first-order valence-electron chi connectivity index (χ1n) is 5.12. The number of thioether (sulfide) groups is 1. The van der Waals surface area contributed by atoms with E-state index in [9.17, 15) is 9.18 Å². The van der Waals surface area contributed by atoms with Gasteiger partial charge in [-0.05, 0) is 24.6 Å². The van der Waals surface area contributed by atoms with Gasteiger partial charge < -0.3 is 11.1 Å². The van der Waals surface area contributed by atoms with Crippen LogP contribution in [-0.4, -0.2) is 17.7 Å². The molecule has 86 valence electrons. The highest BCUT2D eigenvalue weighted by Crippen LogP contribution is 2.25. The van der Waals surface area contributed by atoms with Crippen molar-refractivity contribution in [3.8, 4) is 0 Å². The molecule has 1 saturated heterocycles. The van der Waals surface area contributed by atoms with Crippen molar-refractivity contribution in [3.63, 3.8) is 0 Å². The summed E-state index contributed by atoms with van der Waals surface area (Å²) in [5, 5.41) is 2.85. The Kier molecular flexibility index (Phi) is 3.33. The fraction of sp³-hybridized carbons (Fsp3) is 0.364. The average molecular weight is 240 g/mol. The maximum absolute atomic E-state index is 13.4. The van der Waals surface area contributed by atoms with E-state index >= 15 is 0 Å². The smallest absolute Gasteiger partial charge is 0.220 e. The molecule has 1 aromatic carbocycles. The zero-order valence-electron chi connectivity index (χ0n) is 8.70. The number of carbonyl (C=O) groups is 1. The molecule has 1 aliphatic heterocycles. The quantitative estimate of drug-likeness (QED) is 0.625. The first kappa shape index (κ1) is 11.3. The van der Waals surface area contributed by atoms with E-state index in [2.05, 4.69) is 5.32 Å². The normalized spacial score (nSPS) is 19.8. The number of nitrogens with one attached hydrogen (secondary N) is 1. The second-order valence-corrected chi connectivity index (χ2v) is 4.87. The Bertz CT molecular complexity index is 411. The number of hydrogen-bond acceptors (Lipinski definition) is 3. The molecular formula is C11H13FN2OS. The van der Waals surface area contributed by atoms with Gasteiger partial charge in [0.25, 0.3) is 0 Å². The predicted molar refractivity (Wildman–Crippen MR) is 62.7 cm³/mol. The van der Waals surface area contributed by atoms with Gasteiger partial charge in [0, 0.05) is 28.8 Å². The van der Waals surface area contributed by atoms with Crippen LogP contribution in [0.25, 0.3) is 0 Å². The fourth-order valence-corrected chi connectivity index (χ4v) is 2.62. The van der Waals surface area contributed by atoms with Gasteiger partial charge in [0.1, 0.15) is 5.82 Å². The van der Waals surface area contributed by atoms with E-state index in [0.717, 1.165) is 6.42 Å². The number of nitrogen functional groups attached to an aromatic ring is 1. The number of rotatable bonds is 3. The molecule has 1 amide bonds. The Labute approximate surface area is 97.6 Å². The van der Waals surface area contributed by atoms with Gasteiger partial charge in [-0.15, -0.1) is 11.8 Å². The van der Waals surface area contributed by atoms with Gasteiger partial charge >= 0.3 is 0 Å². The Morgan fingerprint density at radius 3 is 3.00 bits per heavy atom. The molecule has 0 aliphatic carbocycles. The van der Waals surface area contributed by atoms with Crippen LogP contribution in [-0.2, 0) is 4.79 Å². The highest BCUT2D eigenvalue weighted by atomic mass is 32.2. The second-order valence-electron chi connectivity index (χ2n) is 3.80. The molecule has 0 radical (unpaired) electrons. The molecule has 1 heterocycles. The van der Waals surface area contributed by atoms with E-state index in [1.54, 1.807) is 12.1 Å². The van der Waals surface area contributed by atoms with E-state index in [0.29, 0.717) is 22.8 Å². The molecule has 0 aromatic heterocycles. The summed E-state index contributed by atoms with van der Waals surface area (Å²) in [6, 6.07) is 4.83. The zero-order chi connectivity index (χ0) is 11.5. The second kappa shape index (κ2) is 4.74. The van der Waals surface area contributed by atoms with Crippen LogP contribution >= 0.6 is 11.8 Å². The molecule has 1 unspecified atom stereocenters. The first-order valence-corrected chi connectivity index (χ1v) is 6.11. The molecular weight excluding hydrogens is 227 g/mol. The molecule has 0 spiro atoms. The number of amides is 1. The van der Waals surface area contributed by atoms with Gasteiger partial charge in [-0.2, -0.15) is 0 Å². The van der Waals surface area contributed by atoms with Crippen LogP contribution in [0.4, 0.5) is 10.1 Å². The summed E-state index contributed by atoms with van der Waals surface area (Å²) >= 11 is 1.41. The Hall–Kier alpha value is -1.23. The molecule has 5 heteroatoms. The van der Waals surface area contributed by atoms with E-state index < -0.39 is 0 Å². The van der Waals surface area contributed by atoms with Crippen molar-refractivity contribution in [3.05, 3.63) is 24.0 Å². The standard InChI is InChI=1S/C11H13FN2OS/c12-9-5-7(13)1-3-10(9)16-6-8-2-4-11(15)14-8/h1,3,5,8H,2,4,6,13H2,(H,14,15).